The second-order valence-corrected chi connectivity index (χ2v) is 4.42. The van der Waals surface area contributed by atoms with Crippen molar-refractivity contribution in [3.63, 3.8) is 0 Å². The largest absolute Gasteiger partial charge is 0.495 e. The standard InChI is InChI=1S/C15H26N2O2/c1-5-10-16-14(12(6-2)19-7-3)15-13(18-4)9-8-11-17-15/h8-9,11-12,14,16H,5-7,10H2,1-4H3. The Hall–Kier alpha value is -1.13. The van der Waals surface area contributed by atoms with Gasteiger partial charge >= 0.3 is 0 Å². The van der Waals surface area contributed by atoms with Gasteiger partial charge in [-0.05, 0) is 38.4 Å². The molecule has 0 amide bonds. The summed E-state index contributed by atoms with van der Waals surface area (Å²) in [5, 5.41) is 3.53. The highest BCUT2D eigenvalue weighted by atomic mass is 16.5. The van der Waals surface area contributed by atoms with Crippen molar-refractivity contribution in [3.8, 4) is 5.75 Å². The molecule has 0 aliphatic heterocycles. The molecule has 1 heterocycles. The molecule has 0 fully saturated rings. The fraction of sp³-hybridized carbons (Fsp3) is 0.667. The van der Waals surface area contributed by atoms with Gasteiger partial charge in [0, 0.05) is 12.8 Å². The van der Waals surface area contributed by atoms with Crippen molar-refractivity contribution in [1.82, 2.24) is 10.3 Å². The summed E-state index contributed by atoms with van der Waals surface area (Å²) in [7, 11) is 1.68. The molecule has 1 N–H and O–H groups in total. The van der Waals surface area contributed by atoms with E-state index in [1.165, 1.54) is 0 Å². The van der Waals surface area contributed by atoms with E-state index in [2.05, 4.69) is 24.1 Å². The first-order chi connectivity index (χ1) is 9.28. The van der Waals surface area contributed by atoms with Crippen molar-refractivity contribution < 1.29 is 9.47 Å². The fourth-order valence-electron chi connectivity index (χ4n) is 2.18. The van der Waals surface area contributed by atoms with E-state index in [4.69, 9.17) is 9.47 Å². The van der Waals surface area contributed by atoms with Crippen molar-refractivity contribution in [2.75, 3.05) is 20.3 Å². The van der Waals surface area contributed by atoms with Crippen molar-refractivity contribution >= 4 is 0 Å². The quantitative estimate of drug-likeness (QED) is 0.746. The van der Waals surface area contributed by atoms with Gasteiger partial charge in [0.25, 0.3) is 0 Å². The molecule has 0 spiro atoms. The monoisotopic (exact) mass is 266 g/mol. The number of nitrogens with one attached hydrogen (secondary N) is 1. The van der Waals surface area contributed by atoms with Crippen LogP contribution in [-0.2, 0) is 4.74 Å². The van der Waals surface area contributed by atoms with Gasteiger partial charge in [0.2, 0.25) is 0 Å². The highest BCUT2D eigenvalue weighted by Crippen LogP contribution is 2.27. The van der Waals surface area contributed by atoms with Gasteiger partial charge in [0.05, 0.1) is 19.3 Å². The highest BCUT2D eigenvalue weighted by molar-refractivity contribution is 5.30. The summed E-state index contributed by atoms with van der Waals surface area (Å²) in [6, 6.07) is 3.91. The van der Waals surface area contributed by atoms with E-state index in [1.807, 2.05) is 19.1 Å². The normalized spacial score (nSPS) is 14.1. The Morgan fingerprint density at radius 3 is 2.68 bits per heavy atom. The molecule has 2 unspecified atom stereocenters. The third-order valence-corrected chi connectivity index (χ3v) is 3.08. The van der Waals surface area contributed by atoms with Gasteiger partial charge in [-0.15, -0.1) is 0 Å². The van der Waals surface area contributed by atoms with E-state index >= 15 is 0 Å². The molecule has 0 saturated carbocycles. The molecule has 1 aromatic rings. The maximum atomic E-state index is 5.85. The van der Waals surface area contributed by atoms with E-state index in [9.17, 15) is 0 Å². The van der Waals surface area contributed by atoms with Crippen LogP contribution in [0.4, 0.5) is 0 Å². The van der Waals surface area contributed by atoms with Crippen LogP contribution in [0.5, 0.6) is 5.75 Å². The summed E-state index contributed by atoms with van der Waals surface area (Å²) in [6.07, 6.45) is 3.93. The lowest BCUT2D eigenvalue weighted by Crippen LogP contribution is -2.35. The maximum absolute atomic E-state index is 5.85. The molecule has 4 heteroatoms. The molecule has 0 aromatic carbocycles. The molecule has 2 atom stereocenters. The zero-order chi connectivity index (χ0) is 14.1. The number of nitrogens with zero attached hydrogens (tertiary/aromatic N) is 1. The number of hydrogen-bond donors (Lipinski definition) is 1. The minimum Gasteiger partial charge on any atom is -0.495 e. The zero-order valence-electron chi connectivity index (χ0n) is 12.5. The van der Waals surface area contributed by atoms with Crippen LogP contribution in [0.15, 0.2) is 18.3 Å². The Bertz CT molecular complexity index is 358. The number of aromatic nitrogens is 1. The molecule has 19 heavy (non-hydrogen) atoms. The van der Waals surface area contributed by atoms with Gasteiger partial charge in [-0.3, -0.25) is 4.98 Å². The summed E-state index contributed by atoms with van der Waals surface area (Å²) in [5.74, 6) is 0.814. The lowest BCUT2D eigenvalue weighted by atomic mass is 10.0. The van der Waals surface area contributed by atoms with E-state index in [0.29, 0.717) is 6.61 Å². The molecule has 1 aromatic heterocycles. The fourth-order valence-corrected chi connectivity index (χ4v) is 2.18. The Morgan fingerprint density at radius 1 is 1.32 bits per heavy atom. The predicted molar refractivity (Wildman–Crippen MR) is 77.5 cm³/mol. The topological polar surface area (TPSA) is 43.4 Å². The van der Waals surface area contributed by atoms with E-state index in [1.54, 1.807) is 13.3 Å². The van der Waals surface area contributed by atoms with Gasteiger partial charge in [-0.2, -0.15) is 0 Å². The molecule has 0 bridgehead atoms. The lowest BCUT2D eigenvalue weighted by molar-refractivity contribution is 0.0297. The van der Waals surface area contributed by atoms with Gasteiger partial charge in [-0.1, -0.05) is 13.8 Å². The second-order valence-electron chi connectivity index (χ2n) is 4.42. The molecule has 0 radical (unpaired) electrons. The molecule has 0 aliphatic carbocycles. The molecule has 1 rings (SSSR count). The van der Waals surface area contributed by atoms with Crippen LogP contribution in [-0.4, -0.2) is 31.3 Å². The molecule has 0 saturated heterocycles. The highest BCUT2D eigenvalue weighted by Gasteiger charge is 2.25. The van der Waals surface area contributed by atoms with Crippen LogP contribution in [0.2, 0.25) is 0 Å². The summed E-state index contributed by atoms with van der Waals surface area (Å²) in [4.78, 5) is 4.49. The van der Waals surface area contributed by atoms with Crippen molar-refractivity contribution in [2.45, 2.75) is 45.8 Å². The van der Waals surface area contributed by atoms with Crippen LogP contribution in [0.1, 0.15) is 45.3 Å². The van der Waals surface area contributed by atoms with Crippen LogP contribution in [0, 0.1) is 0 Å². The average Bonchev–Trinajstić information content (AvgIpc) is 2.46. The average molecular weight is 266 g/mol. The Labute approximate surface area is 116 Å². The third kappa shape index (κ3) is 4.48. The maximum Gasteiger partial charge on any atom is 0.142 e. The molecule has 4 nitrogen and oxygen atoms in total. The minimum atomic E-state index is 0.0704. The van der Waals surface area contributed by atoms with E-state index < -0.39 is 0 Å². The number of methoxy groups -OCH3 is 1. The van der Waals surface area contributed by atoms with Crippen LogP contribution >= 0.6 is 0 Å². The number of ether oxygens (including phenoxy) is 2. The van der Waals surface area contributed by atoms with Gasteiger partial charge in [-0.25, -0.2) is 0 Å². The summed E-state index contributed by atoms with van der Waals surface area (Å²) >= 11 is 0. The van der Waals surface area contributed by atoms with Crippen molar-refractivity contribution in [2.24, 2.45) is 0 Å². The van der Waals surface area contributed by atoms with Crippen molar-refractivity contribution in [3.05, 3.63) is 24.0 Å². The number of hydrogen-bond acceptors (Lipinski definition) is 4. The summed E-state index contributed by atoms with van der Waals surface area (Å²) in [5.41, 5.74) is 0.929. The van der Waals surface area contributed by atoms with Crippen molar-refractivity contribution in [1.29, 1.82) is 0 Å². The zero-order valence-corrected chi connectivity index (χ0v) is 12.5. The van der Waals surface area contributed by atoms with Gasteiger partial charge in [0.1, 0.15) is 11.4 Å². The first-order valence-corrected chi connectivity index (χ1v) is 7.12. The lowest BCUT2D eigenvalue weighted by Gasteiger charge is -2.27. The minimum absolute atomic E-state index is 0.0704. The SMILES string of the molecule is CCCNC(c1ncccc1OC)C(CC)OCC. The Kier molecular flexibility index (Phi) is 7.45. The van der Waals surface area contributed by atoms with Gasteiger partial charge in [0.15, 0.2) is 0 Å². The van der Waals surface area contributed by atoms with E-state index in [-0.39, 0.29) is 12.1 Å². The van der Waals surface area contributed by atoms with Crippen LogP contribution in [0.3, 0.4) is 0 Å². The molecular weight excluding hydrogens is 240 g/mol. The van der Waals surface area contributed by atoms with Crippen LogP contribution in [0.25, 0.3) is 0 Å². The van der Waals surface area contributed by atoms with Crippen LogP contribution < -0.4 is 10.1 Å². The molecule has 108 valence electrons. The Morgan fingerprint density at radius 2 is 2.11 bits per heavy atom. The Balaban J connectivity index is 2.99. The summed E-state index contributed by atoms with van der Waals surface area (Å²) < 4.78 is 11.3. The third-order valence-electron chi connectivity index (χ3n) is 3.08. The van der Waals surface area contributed by atoms with E-state index in [0.717, 1.165) is 30.8 Å². The number of pyridine rings is 1. The summed E-state index contributed by atoms with van der Waals surface area (Å²) in [6.45, 7) is 7.96. The second kappa shape index (κ2) is 8.88. The molecular formula is C15H26N2O2. The molecule has 0 aliphatic rings. The first kappa shape index (κ1) is 15.9. The van der Waals surface area contributed by atoms with Gasteiger partial charge < -0.3 is 14.8 Å². The smallest absolute Gasteiger partial charge is 0.142 e. The first-order valence-electron chi connectivity index (χ1n) is 7.12. The predicted octanol–water partition coefficient (Wildman–Crippen LogP) is 2.95. The number of rotatable bonds is 9.